The van der Waals surface area contributed by atoms with Crippen molar-refractivity contribution < 1.29 is 0 Å². The number of hydrogen-bond acceptors (Lipinski definition) is 0. The lowest BCUT2D eigenvalue weighted by Crippen LogP contribution is -2.45. The van der Waals surface area contributed by atoms with Gasteiger partial charge >= 0.3 is 0 Å². The SMILES string of the molecule is C[C@@H]1CC[C@H](C)[Si]1(Cl)c1ccccc1. The van der Waals surface area contributed by atoms with E-state index in [2.05, 4.69) is 44.2 Å². The van der Waals surface area contributed by atoms with Gasteiger partial charge < -0.3 is 0 Å². The minimum atomic E-state index is -1.70. The first-order valence-corrected chi connectivity index (χ1v) is 8.56. The topological polar surface area (TPSA) is 0 Å². The molecule has 0 aromatic heterocycles. The Morgan fingerprint density at radius 3 is 2.07 bits per heavy atom. The molecule has 1 aromatic rings. The molecule has 14 heavy (non-hydrogen) atoms. The molecule has 1 fully saturated rings. The Bertz CT molecular complexity index is 299. The van der Waals surface area contributed by atoms with Gasteiger partial charge in [-0.2, -0.15) is 11.1 Å². The molecule has 1 aliphatic rings. The number of rotatable bonds is 1. The van der Waals surface area contributed by atoms with Crippen LogP contribution in [0.1, 0.15) is 26.7 Å². The van der Waals surface area contributed by atoms with Crippen LogP contribution in [0.3, 0.4) is 0 Å². The summed E-state index contributed by atoms with van der Waals surface area (Å²) in [5, 5.41) is 1.43. The van der Waals surface area contributed by atoms with Crippen LogP contribution in [0.25, 0.3) is 0 Å². The van der Waals surface area contributed by atoms with Gasteiger partial charge in [0.25, 0.3) is 0 Å². The van der Waals surface area contributed by atoms with Crippen LogP contribution >= 0.6 is 11.1 Å². The Hall–Kier alpha value is -0.273. The minimum Gasteiger partial charge on any atom is -0.160 e. The molecule has 0 bridgehead atoms. The molecule has 2 rings (SSSR count). The molecule has 0 spiro atoms. The Morgan fingerprint density at radius 1 is 1.07 bits per heavy atom. The second-order valence-electron chi connectivity index (χ2n) is 4.51. The molecule has 1 unspecified atom stereocenters. The molecule has 3 atom stereocenters. The molecule has 1 heterocycles. The lowest BCUT2D eigenvalue weighted by atomic mass is 10.2. The molecule has 0 radical (unpaired) electrons. The minimum absolute atomic E-state index is 0.724. The average Bonchev–Trinajstić information content (AvgIpc) is 2.49. The van der Waals surface area contributed by atoms with Gasteiger partial charge in [0.2, 0.25) is 0 Å². The summed E-state index contributed by atoms with van der Waals surface area (Å²) < 4.78 is 0. The fourth-order valence-corrected chi connectivity index (χ4v) is 7.69. The van der Waals surface area contributed by atoms with Gasteiger partial charge in [-0.3, -0.25) is 0 Å². The van der Waals surface area contributed by atoms with Crippen molar-refractivity contribution in [3.05, 3.63) is 30.3 Å². The van der Waals surface area contributed by atoms with Crippen molar-refractivity contribution in [3.8, 4) is 0 Å². The third kappa shape index (κ3) is 1.43. The first kappa shape index (κ1) is 10.3. The van der Waals surface area contributed by atoms with E-state index in [1.807, 2.05) is 0 Å². The zero-order valence-electron chi connectivity index (χ0n) is 8.83. The van der Waals surface area contributed by atoms with Crippen molar-refractivity contribution in [2.24, 2.45) is 0 Å². The molecule has 0 nitrogen and oxygen atoms in total. The standard InChI is InChI=1S/C12H17ClSi/c1-10-8-9-11(2)14(10,13)12-6-4-3-5-7-12/h3-7,10-11H,8-9H2,1-2H3/t10-,11+,14?. The van der Waals surface area contributed by atoms with Gasteiger partial charge in [-0.05, 0) is 16.3 Å². The van der Waals surface area contributed by atoms with E-state index in [0.717, 1.165) is 11.1 Å². The molecule has 2 heteroatoms. The van der Waals surface area contributed by atoms with E-state index in [4.69, 9.17) is 11.1 Å². The van der Waals surface area contributed by atoms with Crippen molar-refractivity contribution in [1.29, 1.82) is 0 Å². The van der Waals surface area contributed by atoms with Gasteiger partial charge in [-0.25, -0.2) is 0 Å². The zero-order valence-corrected chi connectivity index (χ0v) is 10.6. The van der Waals surface area contributed by atoms with Gasteiger partial charge in [-0.15, -0.1) is 0 Å². The van der Waals surface area contributed by atoms with Crippen LogP contribution in [0, 0.1) is 0 Å². The van der Waals surface area contributed by atoms with Crippen molar-refractivity contribution in [2.75, 3.05) is 0 Å². The van der Waals surface area contributed by atoms with Gasteiger partial charge in [0.1, 0.15) is 0 Å². The maximum atomic E-state index is 6.94. The summed E-state index contributed by atoms with van der Waals surface area (Å²) >= 11 is 6.94. The van der Waals surface area contributed by atoms with Gasteiger partial charge in [0, 0.05) is 0 Å². The molecule has 0 saturated carbocycles. The van der Waals surface area contributed by atoms with Crippen molar-refractivity contribution in [3.63, 3.8) is 0 Å². The highest BCUT2D eigenvalue weighted by molar-refractivity contribution is 7.29. The smallest absolute Gasteiger partial charge is 0.160 e. The Morgan fingerprint density at radius 2 is 1.57 bits per heavy atom. The van der Waals surface area contributed by atoms with Crippen LogP contribution in [0.5, 0.6) is 0 Å². The predicted octanol–water partition coefficient (Wildman–Crippen LogP) is 3.65. The summed E-state index contributed by atoms with van der Waals surface area (Å²) in [6, 6.07) is 10.7. The molecule has 0 amide bonds. The predicted molar refractivity (Wildman–Crippen MR) is 65.8 cm³/mol. The van der Waals surface area contributed by atoms with Crippen LogP contribution in [-0.4, -0.2) is 7.38 Å². The van der Waals surface area contributed by atoms with Crippen LogP contribution in [-0.2, 0) is 0 Å². The molecular formula is C12H17ClSi. The molecule has 1 saturated heterocycles. The average molecular weight is 225 g/mol. The Balaban J connectivity index is 2.40. The van der Waals surface area contributed by atoms with E-state index < -0.39 is 7.38 Å². The summed E-state index contributed by atoms with van der Waals surface area (Å²) in [5.41, 5.74) is 1.45. The van der Waals surface area contributed by atoms with E-state index in [0.29, 0.717) is 0 Å². The summed E-state index contributed by atoms with van der Waals surface area (Å²) in [7, 11) is -1.70. The summed E-state index contributed by atoms with van der Waals surface area (Å²) in [6.45, 7) is 4.66. The van der Waals surface area contributed by atoms with Crippen LogP contribution in [0.15, 0.2) is 30.3 Å². The fraction of sp³-hybridized carbons (Fsp3) is 0.500. The summed E-state index contributed by atoms with van der Waals surface area (Å²) in [4.78, 5) is 0. The Labute approximate surface area is 92.0 Å². The van der Waals surface area contributed by atoms with Crippen LogP contribution in [0.4, 0.5) is 0 Å². The second-order valence-corrected chi connectivity index (χ2v) is 10.5. The second kappa shape index (κ2) is 3.71. The third-order valence-corrected chi connectivity index (χ3v) is 11.2. The number of hydrogen-bond donors (Lipinski definition) is 0. The lowest BCUT2D eigenvalue weighted by molar-refractivity contribution is 0.765. The van der Waals surface area contributed by atoms with E-state index >= 15 is 0 Å². The molecule has 1 aliphatic heterocycles. The molecule has 0 N–H and O–H groups in total. The van der Waals surface area contributed by atoms with Gasteiger partial charge in [0.05, 0.1) is 0 Å². The van der Waals surface area contributed by atoms with E-state index in [-0.39, 0.29) is 0 Å². The van der Waals surface area contributed by atoms with Gasteiger partial charge in [0.15, 0.2) is 7.38 Å². The highest BCUT2D eigenvalue weighted by atomic mass is 35.6. The first-order valence-electron chi connectivity index (χ1n) is 5.40. The van der Waals surface area contributed by atoms with Crippen molar-refractivity contribution in [1.82, 2.24) is 0 Å². The van der Waals surface area contributed by atoms with E-state index in [1.54, 1.807) is 0 Å². The Kier molecular flexibility index (Phi) is 2.71. The lowest BCUT2D eigenvalue weighted by Gasteiger charge is -2.28. The first-order chi connectivity index (χ1) is 6.65. The third-order valence-electron chi connectivity index (χ3n) is 3.68. The van der Waals surface area contributed by atoms with E-state index in [9.17, 15) is 0 Å². The maximum absolute atomic E-state index is 6.94. The monoisotopic (exact) mass is 224 g/mol. The number of halogens is 1. The molecule has 76 valence electrons. The largest absolute Gasteiger partial charge is 0.192 e. The van der Waals surface area contributed by atoms with Crippen LogP contribution < -0.4 is 5.19 Å². The van der Waals surface area contributed by atoms with Crippen molar-refractivity contribution in [2.45, 2.75) is 37.8 Å². The fourth-order valence-electron chi connectivity index (χ4n) is 2.67. The van der Waals surface area contributed by atoms with Gasteiger partial charge in [-0.1, -0.05) is 57.0 Å². The van der Waals surface area contributed by atoms with Crippen molar-refractivity contribution >= 4 is 23.6 Å². The summed E-state index contributed by atoms with van der Waals surface area (Å²) in [6.07, 6.45) is 2.62. The zero-order chi connectivity index (χ0) is 10.2. The normalized spacial score (nSPS) is 37.4. The quantitative estimate of drug-likeness (QED) is 0.505. The highest BCUT2D eigenvalue weighted by Gasteiger charge is 2.48. The van der Waals surface area contributed by atoms with E-state index in [1.165, 1.54) is 18.0 Å². The highest BCUT2D eigenvalue weighted by Crippen LogP contribution is 2.48. The summed E-state index contributed by atoms with van der Waals surface area (Å²) in [5.74, 6) is 0. The molecule has 0 aliphatic carbocycles. The molecule has 1 aromatic carbocycles. The number of benzene rings is 1. The van der Waals surface area contributed by atoms with Crippen LogP contribution in [0.2, 0.25) is 11.1 Å². The molecular weight excluding hydrogens is 208 g/mol. The maximum Gasteiger partial charge on any atom is 0.192 e.